The molecule has 0 saturated heterocycles. The lowest BCUT2D eigenvalue weighted by atomic mass is 10.0. The van der Waals surface area contributed by atoms with Crippen LogP contribution in [-0.2, 0) is 16.1 Å². The molecule has 0 N–H and O–H groups in total. The van der Waals surface area contributed by atoms with Gasteiger partial charge in [-0.3, -0.25) is 4.79 Å². The minimum Gasteiger partial charge on any atom is -0.372 e. The molecule has 0 spiro atoms. The highest BCUT2D eigenvalue weighted by Gasteiger charge is 2.09. The summed E-state index contributed by atoms with van der Waals surface area (Å²) in [5.74, 6) is 0.00369. The molecular formula is C18H21NO2. The third-order valence-corrected chi connectivity index (χ3v) is 3.34. The van der Waals surface area contributed by atoms with E-state index < -0.39 is 0 Å². The number of hydrogen-bond acceptors (Lipinski definition) is 2. The van der Waals surface area contributed by atoms with Crippen molar-refractivity contribution >= 4 is 5.91 Å². The van der Waals surface area contributed by atoms with Crippen LogP contribution in [0.1, 0.15) is 12.5 Å². The van der Waals surface area contributed by atoms with Crippen LogP contribution >= 0.6 is 0 Å². The minimum absolute atomic E-state index is 0.00369. The standard InChI is InChI=1S/C18H21NO2/c1-3-21-14-18(20)19(2)13-15-9-11-17(12-10-15)16-7-5-4-6-8-16/h4-12H,3,13-14H2,1-2H3. The van der Waals surface area contributed by atoms with Gasteiger partial charge < -0.3 is 9.64 Å². The molecular weight excluding hydrogens is 262 g/mol. The van der Waals surface area contributed by atoms with Gasteiger partial charge in [0.05, 0.1) is 0 Å². The molecule has 3 heteroatoms. The van der Waals surface area contributed by atoms with E-state index in [1.54, 1.807) is 11.9 Å². The van der Waals surface area contributed by atoms with Crippen molar-refractivity contribution in [2.24, 2.45) is 0 Å². The predicted octanol–water partition coefficient (Wildman–Crippen LogP) is 3.35. The molecule has 0 atom stereocenters. The van der Waals surface area contributed by atoms with Gasteiger partial charge in [-0.1, -0.05) is 54.6 Å². The Morgan fingerprint density at radius 2 is 1.62 bits per heavy atom. The fourth-order valence-corrected chi connectivity index (χ4v) is 2.09. The number of nitrogens with zero attached hydrogens (tertiary/aromatic N) is 1. The average Bonchev–Trinajstić information content (AvgIpc) is 2.54. The van der Waals surface area contributed by atoms with E-state index in [0.717, 1.165) is 5.56 Å². The SMILES string of the molecule is CCOCC(=O)N(C)Cc1ccc(-c2ccccc2)cc1. The van der Waals surface area contributed by atoms with Gasteiger partial charge in [0.2, 0.25) is 5.91 Å². The van der Waals surface area contributed by atoms with Crippen molar-refractivity contribution < 1.29 is 9.53 Å². The molecule has 0 heterocycles. The number of likely N-dealkylation sites (N-methyl/N-ethyl adjacent to an activating group) is 1. The van der Waals surface area contributed by atoms with Crippen molar-refractivity contribution in [2.75, 3.05) is 20.3 Å². The normalized spacial score (nSPS) is 10.4. The summed E-state index contributed by atoms with van der Waals surface area (Å²) >= 11 is 0. The maximum Gasteiger partial charge on any atom is 0.248 e. The first-order valence-electron chi connectivity index (χ1n) is 7.16. The molecule has 2 aromatic rings. The lowest BCUT2D eigenvalue weighted by molar-refractivity contribution is -0.135. The number of benzene rings is 2. The van der Waals surface area contributed by atoms with Crippen LogP contribution in [-0.4, -0.2) is 31.1 Å². The molecule has 21 heavy (non-hydrogen) atoms. The Kier molecular flexibility index (Phi) is 5.52. The topological polar surface area (TPSA) is 29.5 Å². The second-order valence-corrected chi connectivity index (χ2v) is 4.95. The van der Waals surface area contributed by atoms with Gasteiger partial charge in [-0.05, 0) is 23.6 Å². The van der Waals surface area contributed by atoms with Crippen LogP contribution in [0.5, 0.6) is 0 Å². The Hall–Kier alpha value is -2.13. The number of ether oxygens (including phenoxy) is 1. The van der Waals surface area contributed by atoms with Gasteiger partial charge in [-0.2, -0.15) is 0 Å². The lowest BCUT2D eigenvalue weighted by Crippen LogP contribution is -2.29. The number of carbonyl (C=O) groups is 1. The second kappa shape index (κ2) is 7.60. The molecule has 3 nitrogen and oxygen atoms in total. The number of rotatable bonds is 6. The highest BCUT2D eigenvalue weighted by atomic mass is 16.5. The molecule has 0 bridgehead atoms. The number of amides is 1. The minimum atomic E-state index is 0.00369. The first-order valence-corrected chi connectivity index (χ1v) is 7.16. The summed E-state index contributed by atoms with van der Waals surface area (Å²) in [5, 5.41) is 0. The monoisotopic (exact) mass is 283 g/mol. The van der Waals surface area contributed by atoms with E-state index >= 15 is 0 Å². The Morgan fingerprint density at radius 1 is 1.00 bits per heavy atom. The van der Waals surface area contributed by atoms with Crippen molar-refractivity contribution in [1.29, 1.82) is 0 Å². The van der Waals surface area contributed by atoms with E-state index in [4.69, 9.17) is 4.74 Å². The summed E-state index contributed by atoms with van der Waals surface area (Å²) in [6, 6.07) is 18.6. The van der Waals surface area contributed by atoms with Crippen molar-refractivity contribution in [2.45, 2.75) is 13.5 Å². The smallest absolute Gasteiger partial charge is 0.248 e. The Labute approximate surface area is 126 Å². The van der Waals surface area contributed by atoms with Crippen LogP contribution in [0.25, 0.3) is 11.1 Å². The first kappa shape index (κ1) is 15.3. The Morgan fingerprint density at radius 3 is 2.24 bits per heavy atom. The van der Waals surface area contributed by atoms with Crippen LogP contribution < -0.4 is 0 Å². The molecule has 2 rings (SSSR count). The third kappa shape index (κ3) is 4.43. The molecule has 0 aliphatic carbocycles. The first-order chi connectivity index (χ1) is 10.2. The summed E-state index contributed by atoms with van der Waals surface area (Å²) < 4.78 is 5.14. The number of hydrogen-bond donors (Lipinski definition) is 0. The summed E-state index contributed by atoms with van der Waals surface area (Å²) in [7, 11) is 1.80. The van der Waals surface area contributed by atoms with E-state index in [2.05, 4.69) is 36.4 Å². The molecule has 110 valence electrons. The van der Waals surface area contributed by atoms with Crippen molar-refractivity contribution in [1.82, 2.24) is 4.90 Å². The van der Waals surface area contributed by atoms with E-state index in [1.807, 2.05) is 25.1 Å². The number of carbonyl (C=O) groups excluding carboxylic acids is 1. The zero-order valence-corrected chi connectivity index (χ0v) is 12.6. The van der Waals surface area contributed by atoms with Gasteiger partial charge in [0.1, 0.15) is 6.61 Å². The quantitative estimate of drug-likeness (QED) is 0.813. The van der Waals surface area contributed by atoms with Crippen LogP contribution in [0.15, 0.2) is 54.6 Å². The van der Waals surface area contributed by atoms with Gasteiger partial charge in [0.15, 0.2) is 0 Å². The summed E-state index contributed by atoms with van der Waals surface area (Å²) in [6.45, 7) is 3.19. The van der Waals surface area contributed by atoms with Crippen LogP contribution in [0.4, 0.5) is 0 Å². The zero-order chi connectivity index (χ0) is 15.1. The van der Waals surface area contributed by atoms with Crippen LogP contribution in [0.2, 0.25) is 0 Å². The second-order valence-electron chi connectivity index (χ2n) is 4.95. The predicted molar refractivity (Wildman–Crippen MR) is 84.8 cm³/mol. The van der Waals surface area contributed by atoms with E-state index in [1.165, 1.54) is 11.1 Å². The summed E-state index contributed by atoms with van der Waals surface area (Å²) in [5.41, 5.74) is 3.49. The Balaban J connectivity index is 1.98. The summed E-state index contributed by atoms with van der Waals surface area (Å²) in [6.07, 6.45) is 0. The molecule has 0 radical (unpaired) electrons. The van der Waals surface area contributed by atoms with Crippen LogP contribution in [0, 0.1) is 0 Å². The summed E-state index contributed by atoms with van der Waals surface area (Å²) in [4.78, 5) is 13.5. The highest BCUT2D eigenvalue weighted by molar-refractivity contribution is 5.77. The molecule has 0 unspecified atom stereocenters. The van der Waals surface area contributed by atoms with Crippen molar-refractivity contribution in [3.05, 3.63) is 60.2 Å². The van der Waals surface area contributed by atoms with E-state index in [-0.39, 0.29) is 12.5 Å². The molecule has 0 aromatic heterocycles. The molecule has 1 amide bonds. The van der Waals surface area contributed by atoms with Crippen molar-refractivity contribution in [3.8, 4) is 11.1 Å². The fraction of sp³-hybridized carbons (Fsp3) is 0.278. The fourth-order valence-electron chi connectivity index (χ4n) is 2.09. The zero-order valence-electron chi connectivity index (χ0n) is 12.6. The molecule has 2 aromatic carbocycles. The molecule has 0 saturated carbocycles. The lowest BCUT2D eigenvalue weighted by Gasteiger charge is -2.17. The van der Waals surface area contributed by atoms with E-state index in [9.17, 15) is 4.79 Å². The largest absolute Gasteiger partial charge is 0.372 e. The van der Waals surface area contributed by atoms with Gasteiger partial charge in [0, 0.05) is 20.2 Å². The maximum absolute atomic E-state index is 11.8. The molecule has 0 aliphatic heterocycles. The highest BCUT2D eigenvalue weighted by Crippen LogP contribution is 2.19. The van der Waals surface area contributed by atoms with Gasteiger partial charge in [0.25, 0.3) is 0 Å². The van der Waals surface area contributed by atoms with Gasteiger partial charge in [-0.25, -0.2) is 0 Å². The third-order valence-electron chi connectivity index (χ3n) is 3.34. The van der Waals surface area contributed by atoms with Crippen LogP contribution in [0.3, 0.4) is 0 Å². The molecule has 0 fully saturated rings. The average molecular weight is 283 g/mol. The van der Waals surface area contributed by atoms with Crippen molar-refractivity contribution in [3.63, 3.8) is 0 Å². The maximum atomic E-state index is 11.8. The van der Waals surface area contributed by atoms with Gasteiger partial charge >= 0.3 is 0 Å². The molecule has 0 aliphatic rings. The Bertz CT molecular complexity index is 564. The van der Waals surface area contributed by atoms with Gasteiger partial charge in [-0.15, -0.1) is 0 Å². The van der Waals surface area contributed by atoms with E-state index in [0.29, 0.717) is 13.2 Å².